The van der Waals surface area contributed by atoms with E-state index in [4.69, 9.17) is 0 Å². The van der Waals surface area contributed by atoms with Gasteiger partial charge in [-0.1, -0.05) is 12.1 Å². The lowest BCUT2D eigenvalue weighted by molar-refractivity contribution is 0.305. The van der Waals surface area contributed by atoms with E-state index < -0.39 is 0 Å². The zero-order valence-electron chi connectivity index (χ0n) is 12.8. The third-order valence-electron chi connectivity index (χ3n) is 3.68. The molecule has 2 rings (SSSR count). The Hall–Kier alpha value is -1.30. The number of aryl methyl sites for hydroxylation is 1. The topological polar surface area (TPSA) is 28.2 Å². The lowest BCUT2D eigenvalue weighted by atomic mass is 10.0. The summed E-state index contributed by atoms with van der Waals surface area (Å²) in [6.07, 6.45) is 0.983. The van der Waals surface area contributed by atoms with Gasteiger partial charge < -0.3 is 10.2 Å². The van der Waals surface area contributed by atoms with Gasteiger partial charge in [0.2, 0.25) is 0 Å². The number of thiazole rings is 1. The first kappa shape index (κ1) is 16.1. The molecule has 0 aliphatic heterocycles. The van der Waals surface area contributed by atoms with Crippen molar-refractivity contribution in [3.63, 3.8) is 0 Å². The van der Waals surface area contributed by atoms with Crippen molar-refractivity contribution in [1.82, 2.24) is 15.2 Å². The second kappa shape index (κ2) is 7.64. The highest BCUT2D eigenvalue weighted by Crippen LogP contribution is 2.19. The van der Waals surface area contributed by atoms with Gasteiger partial charge in [0.15, 0.2) is 0 Å². The summed E-state index contributed by atoms with van der Waals surface area (Å²) in [5, 5.41) is 3.30. The number of hydrogen-bond donors (Lipinski definition) is 1. The predicted octanol–water partition coefficient (Wildman–Crippen LogP) is 3.37. The Morgan fingerprint density at radius 2 is 2.05 bits per heavy atom. The van der Waals surface area contributed by atoms with Crippen LogP contribution in [0.2, 0.25) is 0 Å². The minimum atomic E-state index is -0.189. The van der Waals surface area contributed by atoms with E-state index in [1.54, 1.807) is 11.3 Å². The molecule has 21 heavy (non-hydrogen) atoms. The van der Waals surface area contributed by atoms with Crippen LogP contribution in [0, 0.1) is 12.7 Å². The van der Waals surface area contributed by atoms with Gasteiger partial charge in [-0.05, 0) is 45.1 Å². The number of aromatic nitrogens is 1. The summed E-state index contributed by atoms with van der Waals surface area (Å²) in [5.41, 5.74) is 4.14. The van der Waals surface area contributed by atoms with Gasteiger partial charge in [-0.3, -0.25) is 0 Å². The first-order valence-corrected chi connectivity index (χ1v) is 7.98. The second-order valence-electron chi connectivity index (χ2n) is 5.28. The highest BCUT2D eigenvalue weighted by atomic mass is 32.1. The van der Waals surface area contributed by atoms with Crippen molar-refractivity contribution in [2.75, 3.05) is 20.6 Å². The van der Waals surface area contributed by atoms with Gasteiger partial charge in [0, 0.05) is 24.0 Å². The van der Waals surface area contributed by atoms with Crippen molar-refractivity contribution in [3.8, 4) is 0 Å². The van der Waals surface area contributed by atoms with Crippen LogP contribution in [0.15, 0.2) is 29.8 Å². The zero-order valence-corrected chi connectivity index (χ0v) is 13.6. The Kier molecular flexibility index (Phi) is 5.85. The molecule has 0 fully saturated rings. The molecule has 1 heterocycles. The van der Waals surface area contributed by atoms with E-state index in [-0.39, 0.29) is 11.9 Å². The lowest BCUT2D eigenvalue weighted by Crippen LogP contribution is -2.25. The van der Waals surface area contributed by atoms with Gasteiger partial charge in [-0.2, -0.15) is 0 Å². The number of rotatable bonds is 7. The predicted molar refractivity (Wildman–Crippen MR) is 86.0 cm³/mol. The smallest absolute Gasteiger partial charge is 0.123 e. The number of nitrogens with zero attached hydrogens (tertiary/aromatic N) is 2. The molecule has 0 spiro atoms. The molecule has 0 aliphatic carbocycles. The highest BCUT2D eigenvalue weighted by molar-refractivity contribution is 7.09. The van der Waals surface area contributed by atoms with Crippen LogP contribution in [0.25, 0.3) is 0 Å². The minimum Gasteiger partial charge on any atom is -0.313 e. The minimum absolute atomic E-state index is 0.189. The Morgan fingerprint density at radius 1 is 1.33 bits per heavy atom. The van der Waals surface area contributed by atoms with E-state index in [0.29, 0.717) is 0 Å². The standard InChI is InChI=1S/C16H22FN3S/c1-12-16(21-11-19-12)10-20(3)9-8-15(18-2)13-4-6-14(17)7-5-13/h4-7,11,15,18H,8-10H2,1-3H3. The molecule has 2 aromatic rings. The van der Waals surface area contributed by atoms with E-state index >= 15 is 0 Å². The van der Waals surface area contributed by atoms with Crippen molar-refractivity contribution >= 4 is 11.3 Å². The number of halogens is 1. The largest absolute Gasteiger partial charge is 0.313 e. The third-order valence-corrected chi connectivity index (χ3v) is 4.60. The molecule has 3 nitrogen and oxygen atoms in total. The lowest BCUT2D eigenvalue weighted by Gasteiger charge is -2.21. The van der Waals surface area contributed by atoms with Crippen LogP contribution in [0.3, 0.4) is 0 Å². The van der Waals surface area contributed by atoms with Crippen LogP contribution >= 0.6 is 11.3 Å². The van der Waals surface area contributed by atoms with Gasteiger partial charge in [0.1, 0.15) is 5.82 Å². The SMILES string of the molecule is CNC(CCN(C)Cc1scnc1C)c1ccc(F)cc1. The van der Waals surface area contributed by atoms with Gasteiger partial charge >= 0.3 is 0 Å². The maximum absolute atomic E-state index is 13.0. The van der Waals surface area contributed by atoms with E-state index in [1.807, 2.05) is 24.7 Å². The van der Waals surface area contributed by atoms with Crippen molar-refractivity contribution in [2.45, 2.75) is 25.9 Å². The summed E-state index contributed by atoms with van der Waals surface area (Å²) in [6.45, 7) is 3.95. The third kappa shape index (κ3) is 4.59. The fourth-order valence-electron chi connectivity index (χ4n) is 2.32. The average molecular weight is 307 g/mol. The summed E-state index contributed by atoms with van der Waals surface area (Å²) >= 11 is 1.71. The summed E-state index contributed by atoms with van der Waals surface area (Å²) in [6, 6.07) is 6.98. The Balaban J connectivity index is 1.88. The monoisotopic (exact) mass is 307 g/mol. The summed E-state index contributed by atoms with van der Waals surface area (Å²) in [5.74, 6) is -0.189. The molecule has 1 aromatic heterocycles. The molecule has 0 aliphatic rings. The van der Waals surface area contributed by atoms with Crippen LogP contribution in [-0.4, -0.2) is 30.5 Å². The van der Waals surface area contributed by atoms with Crippen LogP contribution in [-0.2, 0) is 6.54 Å². The number of hydrogen-bond acceptors (Lipinski definition) is 4. The molecule has 1 unspecified atom stereocenters. The molecule has 1 N–H and O–H groups in total. The van der Waals surface area contributed by atoms with Gasteiger partial charge in [-0.25, -0.2) is 9.37 Å². The van der Waals surface area contributed by atoms with E-state index in [9.17, 15) is 4.39 Å². The van der Waals surface area contributed by atoms with Gasteiger partial charge in [-0.15, -0.1) is 11.3 Å². The molecule has 0 bridgehead atoms. The van der Waals surface area contributed by atoms with Crippen LogP contribution in [0.4, 0.5) is 4.39 Å². The highest BCUT2D eigenvalue weighted by Gasteiger charge is 2.12. The van der Waals surface area contributed by atoms with Crippen molar-refractivity contribution < 1.29 is 4.39 Å². The maximum atomic E-state index is 13.0. The molecule has 0 amide bonds. The molecule has 0 radical (unpaired) electrons. The Labute approximate surface area is 129 Å². The van der Waals surface area contributed by atoms with E-state index in [2.05, 4.69) is 29.2 Å². The van der Waals surface area contributed by atoms with Crippen molar-refractivity contribution in [1.29, 1.82) is 0 Å². The molecule has 114 valence electrons. The van der Waals surface area contributed by atoms with Crippen LogP contribution in [0.1, 0.15) is 28.6 Å². The quantitative estimate of drug-likeness (QED) is 0.850. The molecule has 5 heteroatoms. The zero-order chi connectivity index (χ0) is 15.2. The van der Waals surface area contributed by atoms with E-state index in [1.165, 1.54) is 17.0 Å². The van der Waals surface area contributed by atoms with Gasteiger partial charge in [0.25, 0.3) is 0 Å². The number of benzene rings is 1. The Morgan fingerprint density at radius 3 is 2.62 bits per heavy atom. The summed E-state index contributed by atoms with van der Waals surface area (Å²) in [7, 11) is 4.07. The summed E-state index contributed by atoms with van der Waals surface area (Å²) < 4.78 is 13.0. The molecule has 0 saturated carbocycles. The first-order chi connectivity index (χ1) is 10.1. The fourth-order valence-corrected chi connectivity index (χ4v) is 3.18. The van der Waals surface area contributed by atoms with Crippen LogP contribution < -0.4 is 5.32 Å². The fraction of sp³-hybridized carbons (Fsp3) is 0.438. The molecular formula is C16H22FN3S. The van der Waals surface area contributed by atoms with Crippen LogP contribution in [0.5, 0.6) is 0 Å². The average Bonchev–Trinajstić information content (AvgIpc) is 2.87. The molecule has 1 atom stereocenters. The Bertz CT molecular complexity index is 553. The van der Waals surface area contributed by atoms with Crippen molar-refractivity contribution in [2.24, 2.45) is 0 Å². The molecule has 0 saturated heterocycles. The second-order valence-corrected chi connectivity index (χ2v) is 6.22. The van der Waals surface area contributed by atoms with E-state index in [0.717, 1.165) is 30.8 Å². The maximum Gasteiger partial charge on any atom is 0.123 e. The summed E-state index contributed by atoms with van der Waals surface area (Å²) in [4.78, 5) is 7.90. The van der Waals surface area contributed by atoms with Crippen molar-refractivity contribution in [3.05, 3.63) is 51.7 Å². The molecular weight excluding hydrogens is 285 g/mol. The first-order valence-electron chi connectivity index (χ1n) is 7.10. The number of nitrogens with one attached hydrogen (secondary N) is 1. The normalized spacial score (nSPS) is 12.8. The van der Waals surface area contributed by atoms with Gasteiger partial charge in [0.05, 0.1) is 11.2 Å². The molecule has 1 aromatic carbocycles.